The van der Waals surface area contributed by atoms with Gasteiger partial charge in [0.15, 0.2) is 17.7 Å². The van der Waals surface area contributed by atoms with Crippen LogP contribution >= 0.6 is 0 Å². The quantitative estimate of drug-likeness (QED) is 0.177. The zero-order valence-corrected chi connectivity index (χ0v) is 36.7. The zero-order valence-electron chi connectivity index (χ0n) is 36.7. The monoisotopic (exact) mass is 842 g/mol. The van der Waals surface area contributed by atoms with Crippen LogP contribution in [0.25, 0.3) is 17.2 Å². The smallest absolute Gasteiger partial charge is 0.461 e. The van der Waals surface area contributed by atoms with E-state index in [2.05, 4.69) is 20.2 Å². The van der Waals surface area contributed by atoms with Crippen LogP contribution in [0.15, 0.2) is 48.8 Å². The molecule has 10 atom stereocenters. The number of ether oxygens (including phenoxy) is 5. The van der Waals surface area contributed by atoms with E-state index in [0.29, 0.717) is 17.4 Å². The van der Waals surface area contributed by atoms with E-state index in [9.17, 15) is 33.5 Å². The van der Waals surface area contributed by atoms with Crippen molar-refractivity contribution in [2.75, 3.05) is 27.3 Å². The molecular weight excluding hydrogens is 779 g/mol. The number of aromatic nitrogens is 2. The Hall–Kier alpha value is -4.80. The number of fused-ring (bicyclic) bond motifs is 1. The summed E-state index contributed by atoms with van der Waals surface area (Å²) in [5.74, 6) is -5.08. The van der Waals surface area contributed by atoms with Gasteiger partial charge in [-0.1, -0.05) is 58.9 Å². The highest BCUT2D eigenvalue weighted by molar-refractivity contribution is 5.99. The standard InChI is InChI=1S/C34H40FN3O9.C8H17NO2.C2H6/c1-19-16-33(5,47-32(43)44-15-12-25(35)23-8-10-24(11-9-23)29-36-13-7-14-37-29)17-20(2)27(40)22(4)30(41)45-18-34(6)28(21(3)26(19)39)38-31(42)46-34;1-6-4-7(9(2)3)5-8(10)11-6;1-2/h7-14,19-22,28H,15-18H2,1-6H3,(H,38,42);6-8,10H,4-5H2,1-3H3;1-2H3/b25-12-;;/t19-,20-,21?,22-,28?,33-,34-;;/m1../s1. The number of carbonyl (C=O) groups is 5. The highest BCUT2D eigenvalue weighted by atomic mass is 19.1. The van der Waals surface area contributed by atoms with Crippen molar-refractivity contribution in [3.63, 3.8) is 0 Å². The van der Waals surface area contributed by atoms with Crippen LogP contribution in [0.3, 0.4) is 0 Å². The maximum Gasteiger partial charge on any atom is 0.509 e. The average Bonchev–Trinajstić information content (AvgIpc) is 3.52. The van der Waals surface area contributed by atoms with Crippen molar-refractivity contribution in [1.82, 2.24) is 20.2 Å². The van der Waals surface area contributed by atoms with Crippen LogP contribution in [0.5, 0.6) is 0 Å². The molecule has 5 rings (SSSR count). The Morgan fingerprint density at radius 2 is 1.57 bits per heavy atom. The van der Waals surface area contributed by atoms with Crippen LogP contribution in [-0.2, 0) is 38.1 Å². The highest BCUT2D eigenvalue weighted by Gasteiger charge is 2.52. The van der Waals surface area contributed by atoms with Crippen molar-refractivity contribution >= 4 is 35.6 Å². The molecule has 3 aliphatic rings. The fourth-order valence-electron chi connectivity index (χ4n) is 7.79. The first kappa shape index (κ1) is 49.6. The molecule has 0 bridgehead atoms. The summed E-state index contributed by atoms with van der Waals surface area (Å²) in [7, 11) is 4.07. The molecule has 332 valence electrons. The number of aliphatic hydroxyl groups excluding tert-OH is 1. The summed E-state index contributed by atoms with van der Waals surface area (Å²) in [5, 5.41) is 11.9. The van der Waals surface area contributed by atoms with Crippen LogP contribution < -0.4 is 5.32 Å². The molecule has 3 saturated heterocycles. The fraction of sp³-hybridized carbons (Fsp3) is 0.614. The lowest BCUT2D eigenvalue weighted by atomic mass is 9.76. The number of hydrogen-bond donors (Lipinski definition) is 2. The number of amides is 1. The summed E-state index contributed by atoms with van der Waals surface area (Å²) < 4.78 is 41.7. The van der Waals surface area contributed by atoms with Gasteiger partial charge in [0.05, 0.1) is 12.1 Å². The number of hydrogen-bond acceptors (Lipinski definition) is 14. The maximum absolute atomic E-state index is 14.9. The van der Waals surface area contributed by atoms with Crippen molar-refractivity contribution in [3.05, 3.63) is 54.4 Å². The van der Waals surface area contributed by atoms with Crippen molar-refractivity contribution in [3.8, 4) is 11.4 Å². The van der Waals surface area contributed by atoms with Gasteiger partial charge in [-0.2, -0.15) is 0 Å². The molecule has 1 aromatic heterocycles. The molecule has 3 aliphatic heterocycles. The van der Waals surface area contributed by atoms with E-state index in [-0.39, 0.29) is 36.9 Å². The molecule has 0 radical (unpaired) electrons. The molecule has 4 heterocycles. The van der Waals surface area contributed by atoms with Gasteiger partial charge in [-0.25, -0.2) is 23.9 Å². The molecule has 1 aromatic carbocycles. The molecule has 0 saturated carbocycles. The maximum atomic E-state index is 14.9. The second-order valence-electron chi connectivity index (χ2n) is 16.3. The normalized spacial score (nSPS) is 31.4. The summed E-state index contributed by atoms with van der Waals surface area (Å²) in [6, 6.07) is 7.76. The molecule has 0 aliphatic carbocycles. The van der Waals surface area contributed by atoms with Crippen LogP contribution in [0.2, 0.25) is 0 Å². The molecule has 0 spiro atoms. The van der Waals surface area contributed by atoms with Gasteiger partial charge < -0.3 is 39.0 Å². The summed E-state index contributed by atoms with van der Waals surface area (Å²) in [4.78, 5) is 75.2. The van der Waals surface area contributed by atoms with E-state index in [0.717, 1.165) is 18.9 Å². The van der Waals surface area contributed by atoms with E-state index >= 15 is 0 Å². The van der Waals surface area contributed by atoms with E-state index < -0.39 is 83.6 Å². The van der Waals surface area contributed by atoms with E-state index in [1.807, 2.05) is 34.9 Å². The largest absolute Gasteiger partial charge is 0.509 e. The molecule has 2 aromatic rings. The number of esters is 1. The first-order chi connectivity index (χ1) is 28.2. The Morgan fingerprint density at radius 1 is 0.967 bits per heavy atom. The minimum atomic E-state index is -1.40. The Balaban J connectivity index is 0.000000634. The number of ketones is 2. The van der Waals surface area contributed by atoms with Gasteiger partial charge in [0.25, 0.3) is 0 Å². The summed E-state index contributed by atoms with van der Waals surface area (Å²) >= 11 is 0. The molecule has 15 nitrogen and oxygen atoms in total. The van der Waals surface area contributed by atoms with Gasteiger partial charge in [0.2, 0.25) is 0 Å². The van der Waals surface area contributed by atoms with Crippen LogP contribution in [0.1, 0.15) is 93.6 Å². The van der Waals surface area contributed by atoms with Crippen LogP contribution in [0, 0.1) is 23.7 Å². The summed E-state index contributed by atoms with van der Waals surface area (Å²) in [6.45, 7) is 14.6. The van der Waals surface area contributed by atoms with E-state index in [1.54, 1.807) is 77.3 Å². The number of cyclic esters (lactones) is 1. The van der Waals surface area contributed by atoms with Gasteiger partial charge >= 0.3 is 18.2 Å². The average molecular weight is 843 g/mol. The number of rotatable bonds is 6. The summed E-state index contributed by atoms with van der Waals surface area (Å²) in [5.41, 5.74) is -1.80. The second-order valence-corrected chi connectivity index (χ2v) is 16.3. The third-order valence-electron chi connectivity index (χ3n) is 10.9. The van der Waals surface area contributed by atoms with Gasteiger partial charge in [0.1, 0.15) is 42.1 Å². The van der Waals surface area contributed by atoms with E-state index in [4.69, 9.17) is 23.7 Å². The van der Waals surface area contributed by atoms with Crippen molar-refractivity contribution in [2.45, 2.75) is 124 Å². The van der Waals surface area contributed by atoms with Gasteiger partial charge in [-0.05, 0) is 73.2 Å². The lowest BCUT2D eigenvalue weighted by Crippen LogP contribution is -2.52. The van der Waals surface area contributed by atoms with Crippen LogP contribution in [0.4, 0.5) is 14.0 Å². The van der Waals surface area contributed by atoms with Crippen molar-refractivity contribution in [1.29, 1.82) is 0 Å². The van der Waals surface area contributed by atoms with Crippen LogP contribution in [-0.4, -0.2) is 113 Å². The molecule has 16 heteroatoms. The molecular formula is C44H63FN4O11. The predicted molar refractivity (Wildman–Crippen MR) is 221 cm³/mol. The zero-order chi connectivity index (χ0) is 44.9. The lowest BCUT2D eigenvalue weighted by molar-refractivity contribution is -0.172. The van der Waals surface area contributed by atoms with Crippen molar-refractivity contribution in [2.24, 2.45) is 23.7 Å². The summed E-state index contributed by atoms with van der Waals surface area (Å²) in [6.07, 6.45) is 3.74. The van der Waals surface area contributed by atoms with Gasteiger partial charge in [-0.3, -0.25) is 14.4 Å². The number of Topliss-reactive ketones (excluding diaryl/α,β-unsaturated/α-hetero) is 2. The lowest BCUT2D eigenvalue weighted by Gasteiger charge is -2.36. The predicted octanol–water partition coefficient (Wildman–Crippen LogP) is 6.71. The third-order valence-corrected chi connectivity index (χ3v) is 10.9. The number of nitrogens with one attached hydrogen (secondary N) is 1. The molecule has 1 amide bonds. The van der Waals surface area contributed by atoms with Crippen molar-refractivity contribution < 1.29 is 57.2 Å². The second kappa shape index (κ2) is 22.2. The van der Waals surface area contributed by atoms with E-state index in [1.165, 1.54) is 6.92 Å². The minimum absolute atomic E-state index is 0.00162. The highest BCUT2D eigenvalue weighted by Crippen LogP contribution is 2.36. The Kier molecular flexibility index (Phi) is 18.3. The number of carbonyl (C=O) groups excluding carboxylic acids is 5. The molecule has 2 N–H and O–H groups in total. The fourth-order valence-corrected chi connectivity index (χ4v) is 7.79. The Bertz CT molecular complexity index is 1790. The molecule has 5 unspecified atom stereocenters. The Morgan fingerprint density at radius 3 is 2.15 bits per heavy atom. The third kappa shape index (κ3) is 13.6. The first-order valence-electron chi connectivity index (χ1n) is 20.5. The number of halogens is 1. The number of aliphatic hydroxyl groups is 1. The first-order valence-corrected chi connectivity index (χ1v) is 20.5. The van der Waals surface area contributed by atoms with Gasteiger partial charge in [0, 0.05) is 53.7 Å². The SMILES string of the molecule is CC.CC1C(=O)[C@H](C)C[C@@](C)(OC(=O)OC/C=C(\F)c2ccc(-c3ncccn3)cc2)C[C@@H](C)C(=O)[C@@H](C)C(=O)OC[C@@]2(C)OC(=O)NC12.CC1CC(N(C)C)CC(O)O1. The molecule has 3 fully saturated rings. The number of alkyl carbamates (subject to hydrolysis) is 1. The Labute approximate surface area is 352 Å². The number of benzene rings is 1. The number of nitrogens with zero attached hydrogens (tertiary/aromatic N) is 3. The minimum Gasteiger partial charge on any atom is -0.461 e. The molecule has 60 heavy (non-hydrogen) atoms. The topological polar surface area (TPSA) is 193 Å². The van der Waals surface area contributed by atoms with Gasteiger partial charge in [-0.15, -0.1) is 0 Å².